The number of amides is 1. The maximum atomic E-state index is 13.4. The highest BCUT2D eigenvalue weighted by Crippen LogP contribution is 2.33. The van der Waals surface area contributed by atoms with Crippen LogP contribution in [0.15, 0.2) is 41.3 Å². The van der Waals surface area contributed by atoms with Crippen LogP contribution in [0.2, 0.25) is 5.02 Å². The third-order valence-corrected chi connectivity index (χ3v) is 10.0. The third-order valence-electron chi connectivity index (χ3n) is 6.58. The van der Waals surface area contributed by atoms with Gasteiger partial charge >= 0.3 is 0 Å². The molecule has 180 valence electrons. The number of sulfonamides is 1. The summed E-state index contributed by atoms with van der Waals surface area (Å²) in [7, 11) is -3.76. The van der Waals surface area contributed by atoms with Gasteiger partial charge in [0.2, 0.25) is 15.9 Å². The van der Waals surface area contributed by atoms with E-state index in [4.69, 9.17) is 16.6 Å². The maximum Gasteiger partial charge on any atom is 0.243 e. The number of carbonyl (C=O) groups excluding carboxylic acids is 1. The van der Waals surface area contributed by atoms with Crippen molar-refractivity contribution in [2.45, 2.75) is 37.6 Å². The van der Waals surface area contributed by atoms with Crippen LogP contribution in [0.25, 0.3) is 10.2 Å². The van der Waals surface area contributed by atoms with Crippen molar-refractivity contribution < 1.29 is 13.2 Å². The van der Waals surface area contributed by atoms with E-state index < -0.39 is 16.1 Å². The fourth-order valence-electron chi connectivity index (χ4n) is 4.85. The van der Waals surface area contributed by atoms with E-state index in [0.717, 1.165) is 10.6 Å². The molecule has 0 spiro atoms. The topological polar surface area (TPSA) is 73.8 Å². The highest BCUT2D eigenvalue weighted by atomic mass is 35.5. The van der Waals surface area contributed by atoms with Gasteiger partial charge in [-0.2, -0.15) is 4.31 Å². The van der Waals surface area contributed by atoms with E-state index in [9.17, 15) is 13.2 Å². The molecule has 7 nitrogen and oxygen atoms in total. The van der Waals surface area contributed by atoms with Crippen LogP contribution in [-0.2, 0) is 14.8 Å². The van der Waals surface area contributed by atoms with Gasteiger partial charge in [0, 0.05) is 37.7 Å². The molecule has 2 saturated heterocycles. The number of benzene rings is 2. The molecule has 3 heterocycles. The lowest BCUT2D eigenvalue weighted by Crippen LogP contribution is -2.54. The molecule has 2 aliphatic heterocycles. The summed E-state index contributed by atoms with van der Waals surface area (Å²) in [5, 5.41) is 1.45. The van der Waals surface area contributed by atoms with Crippen molar-refractivity contribution in [3.8, 4) is 0 Å². The molecule has 10 heteroatoms. The molecule has 2 aromatic carbocycles. The van der Waals surface area contributed by atoms with Crippen LogP contribution in [0, 0.1) is 13.8 Å². The number of rotatable bonds is 4. The SMILES string of the molecule is Cc1cc(C)c2sc(N3CCN(C(=O)C4CCCN4S(=O)(=O)c4ccc(Cl)cc4)CC3)nc2c1. The summed E-state index contributed by atoms with van der Waals surface area (Å²) in [6, 6.07) is 9.75. The average molecular weight is 519 g/mol. The lowest BCUT2D eigenvalue weighted by Gasteiger charge is -2.37. The van der Waals surface area contributed by atoms with Crippen LogP contribution >= 0.6 is 22.9 Å². The minimum Gasteiger partial charge on any atom is -0.345 e. The van der Waals surface area contributed by atoms with Crippen molar-refractivity contribution in [1.82, 2.24) is 14.2 Å². The van der Waals surface area contributed by atoms with Gasteiger partial charge in [0.15, 0.2) is 5.13 Å². The molecule has 1 atom stereocenters. The van der Waals surface area contributed by atoms with E-state index in [2.05, 4.69) is 30.9 Å². The van der Waals surface area contributed by atoms with E-state index in [-0.39, 0.29) is 10.8 Å². The number of thiazole rings is 1. The van der Waals surface area contributed by atoms with Gasteiger partial charge in [0.25, 0.3) is 0 Å². The second-order valence-corrected chi connectivity index (χ2v) is 12.3. The number of halogens is 1. The van der Waals surface area contributed by atoms with Crippen LogP contribution in [-0.4, -0.2) is 67.3 Å². The first-order chi connectivity index (χ1) is 16.2. The minimum absolute atomic E-state index is 0.106. The minimum atomic E-state index is -3.76. The zero-order chi connectivity index (χ0) is 24.0. The quantitative estimate of drug-likeness (QED) is 0.520. The monoisotopic (exact) mass is 518 g/mol. The van der Waals surface area contributed by atoms with Crippen molar-refractivity contribution in [3.63, 3.8) is 0 Å². The summed E-state index contributed by atoms with van der Waals surface area (Å²) < 4.78 is 29.0. The molecule has 2 aliphatic rings. The highest BCUT2D eigenvalue weighted by Gasteiger charge is 2.41. The summed E-state index contributed by atoms with van der Waals surface area (Å²) in [6.45, 7) is 7.01. The van der Waals surface area contributed by atoms with Crippen molar-refractivity contribution in [1.29, 1.82) is 0 Å². The Hall–Kier alpha value is -2.20. The second-order valence-electron chi connectivity index (χ2n) is 8.97. The van der Waals surface area contributed by atoms with Gasteiger partial charge in [-0.05, 0) is 68.1 Å². The van der Waals surface area contributed by atoms with E-state index >= 15 is 0 Å². The molecular formula is C24H27ClN4O3S2. The predicted molar refractivity (Wildman–Crippen MR) is 136 cm³/mol. The molecule has 1 unspecified atom stereocenters. The molecule has 0 N–H and O–H groups in total. The normalized spacial score (nSPS) is 19.8. The smallest absolute Gasteiger partial charge is 0.243 e. The molecule has 2 fully saturated rings. The number of fused-ring (bicyclic) bond motifs is 1. The van der Waals surface area contributed by atoms with Crippen LogP contribution in [0.5, 0.6) is 0 Å². The number of piperazine rings is 1. The molecule has 0 radical (unpaired) electrons. The molecule has 0 aliphatic carbocycles. The van der Waals surface area contributed by atoms with Crippen molar-refractivity contribution >= 4 is 54.2 Å². The summed E-state index contributed by atoms with van der Waals surface area (Å²) in [5.41, 5.74) is 3.45. The Labute approximate surface area is 209 Å². The van der Waals surface area contributed by atoms with Gasteiger partial charge in [-0.25, -0.2) is 13.4 Å². The van der Waals surface area contributed by atoms with Gasteiger partial charge in [-0.15, -0.1) is 0 Å². The Morgan fingerprint density at radius 3 is 2.47 bits per heavy atom. The van der Waals surface area contributed by atoms with Crippen LogP contribution in [0.3, 0.4) is 0 Å². The zero-order valence-electron chi connectivity index (χ0n) is 19.2. The Balaban J connectivity index is 1.28. The number of aryl methyl sites for hydroxylation is 2. The third kappa shape index (κ3) is 4.30. The second kappa shape index (κ2) is 9.11. The summed E-state index contributed by atoms with van der Waals surface area (Å²) in [5.74, 6) is -0.106. The van der Waals surface area contributed by atoms with Gasteiger partial charge in [0.1, 0.15) is 6.04 Å². The Kier molecular flexibility index (Phi) is 6.31. The Morgan fingerprint density at radius 2 is 1.76 bits per heavy atom. The van der Waals surface area contributed by atoms with Crippen molar-refractivity contribution in [3.05, 3.63) is 52.5 Å². The van der Waals surface area contributed by atoms with Crippen molar-refractivity contribution in [2.24, 2.45) is 0 Å². The summed E-state index contributed by atoms with van der Waals surface area (Å²) >= 11 is 7.61. The molecule has 3 aromatic rings. The first-order valence-electron chi connectivity index (χ1n) is 11.4. The van der Waals surface area contributed by atoms with E-state index in [1.165, 1.54) is 32.3 Å². The number of anilines is 1. The van der Waals surface area contributed by atoms with Gasteiger partial charge < -0.3 is 9.80 Å². The first-order valence-corrected chi connectivity index (χ1v) is 14.1. The maximum absolute atomic E-state index is 13.4. The van der Waals surface area contributed by atoms with Gasteiger partial charge in [-0.3, -0.25) is 4.79 Å². The fourth-order valence-corrected chi connectivity index (χ4v) is 7.69. The van der Waals surface area contributed by atoms with E-state index in [1.807, 2.05) is 0 Å². The number of hydrogen-bond acceptors (Lipinski definition) is 6. The molecule has 34 heavy (non-hydrogen) atoms. The highest BCUT2D eigenvalue weighted by molar-refractivity contribution is 7.89. The molecule has 5 rings (SSSR count). The number of carbonyl (C=O) groups is 1. The van der Waals surface area contributed by atoms with E-state index in [0.29, 0.717) is 50.6 Å². The lowest BCUT2D eigenvalue weighted by molar-refractivity contribution is -0.134. The number of aromatic nitrogens is 1. The van der Waals surface area contributed by atoms with Crippen molar-refractivity contribution in [2.75, 3.05) is 37.6 Å². The molecule has 0 bridgehead atoms. The van der Waals surface area contributed by atoms with Crippen LogP contribution in [0.1, 0.15) is 24.0 Å². The number of nitrogens with zero attached hydrogens (tertiary/aromatic N) is 4. The zero-order valence-corrected chi connectivity index (χ0v) is 21.6. The number of hydrogen-bond donors (Lipinski definition) is 0. The van der Waals surface area contributed by atoms with Gasteiger partial charge in [-0.1, -0.05) is 29.0 Å². The Morgan fingerprint density at radius 1 is 1.06 bits per heavy atom. The molecular weight excluding hydrogens is 492 g/mol. The fraction of sp³-hybridized carbons (Fsp3) is 0.417. The standard InChI is InChI=1S/C24H27ClN4O3S2/c1-16-14-17(2)22-20(15-16)26-24(33-22)28-12-10-27(11-13-28)23(30)21-4-3-9-29(21)34(31,32)19-7-5-18(25)6-8-19/h5-8,14-15,21H,3-4,9-13H2,1-2H3. The van der Waals surface area contributed by atoms with E-state index in [1.54, 1.807) is 28.4 Å². The van der Waals surface area contributed by atoms with Crippen LogP contribution < -0.4 is 4.90 Å². The molecule has 1 amide bonds. The average Bonchev–Trinajstić information content (AvgIpc) is 3.47. The Bertz CT molecular complexity index is 1330. The predicted octanol–water partition coefficient (Wildman–Crippen LogP) is 4.07. The first kappa shape index (κ1) is 23.5. The van der Waals surface area contributed by atoms with Crippen LogP contribution in [0.4, 0.5) is 5.13 Å². The van der Waals surface area contributed by atoms with Gasteiger partial charge in [0.05, 0.1) is 15.1 Å². The summed E-state index contributed by atoms with van der Waals surface area (Å²) in [6.07, 6.45) is 1.22. The lowest BCUT2D eigenvalue weighted by atomic mass is 10.1. The largest absolute Gasteiger partial charge is 0.345 e. The summed E-state index contributed by atoms with van der Waals surface area (Å²) in [4.78, 5) is 22.4. The molecule has 1 aromatic heterocycles. The molecule has 0 saturated carbocycles.